The molecule has 2 aromatic carbocycles. The van der Waals surface area contributed by atoms with Crippen LogP contribution in [0.15, 0.2) is 46.9 Å². The standard InChI is InChI=1S/C15H15BrClNO/c1-18-15(10-4-3-5-12(8-10)19-2)13-7-6-11(17)9-14(13)16/h3-9,15,18H,1-2H3. The molecule has 100 valence electrons. The highest BCUT2D eigenvalue weighted by molar-refractivity contribution is 9.10. The van der Waals surface area contributed by atoms with Gasteiger partial charge in [0.15, 0.2) is 0 Å². The fourth-order valence-electron chi connectivity index (χ4n) is 2.06. The van der Waals surface area contributed by atoms with E-state index in [1.54, 1.807) is 7.11 Å². The Kier molecular flexibility index (Phi) is 4.86. The van der Waals surface area contributed by atoms with Crippen molar-refractivity contribution in [2.45, 2.75) is 6.04 Å². The largest absolute Gasteiger partial charge is 0.497 e. The van der Waals surface area contributed by atoms with E-state index in [2.05, 4.69) is 27.3 Å². The molecule has 0 saturated carbocycles. The van der Waals surface area contributed by atoms with Crippen molar-refractivity contribution in [1.82, 2.24) is 5.32 Å². The van der Waals surface area contributed by atoms with Crippen molar-refractivity contribution in [1.29, 1.82) is 0 Å². The second kappa shape index (κ2) is 6.42. The first-order chi connectivity index (χ1) is 9.15. The second-order valence-corrected chi connectivity index (χ2v) is 5.45. The van der Waals surface area contributed by atoms with Crippen LogP contribution in [-0.2, 0) is 0 Å². The van der Waals surface area contributed by atoms with Crippen molar-refractivity contribution < 1.29 is 4.74 Å². The van der Waals surface area contributed by atoms with Crippen molar-refractivity contribution in [3.63, 3.8) is 0 Å². The van der Waals surface area contributed by atoms with Gasteiger partial charge in [-0.25, -0.2) is 0 Å². The molecule has 0 spiro atoms. The van der Waals surface area contributed by atoms with E-state index in [0.717, 1.165) is 26.4 Å². The molecule has 0 heterocycles. The van der Waals surface area contributed by atoms with Gasteiger partial charge in [-0.2, -0.15) is 0 Å². The van der Waals surface area contributed by atoms with E-state index in [4.69, 9.17) is 16.3 Å². The van der Waals surface area contributed by atoms with Crippen molar-refractivity contribution in [3.8, 4) is 5.75 Å². The van der Waals surface area contributed by atoms with Gasteiger partial charge in [-0.15, -0.1) is 0 Å². The Morgan fingerprint density at radius 2 is 2.00 bits per heavy atom. The molecule has 0 aliphatic rings. The third-order valence-corrected chi connectivity index (χ3v) is 3.91. The summed E-state index contributed by atoms with van der Waals surface area (Å²) in [6, 6.07) is 13.9. The molecule has 0 saturated heterocycles. The van der Waals surface area contributed by atoms with Gasteiger partial charge in [0.05, 0.1) is 13.2 Å². The van der Waals surface area contributed by atoms with Gasteiger partial charge < -0.3 is 10.1 Å². The Balaban J connectivity index is 2.43. The van der Waals surface area contributed by atoms with Crippen molar-refractivity contribution in [2.24, 2.45) is 0 Å². The zero-order chi connectivity index (χ0) is 13.8. The fourth-order valence-corrected chi connectivity index (χ4v) is 2.97. The average Bonchev–Trinajstić information content (AvgIpc) is 2.42. The minimum atomic E-state index is 0.0849. The molecule has 0 bridgehead atoms. The number of hydrogen-bond donors (Lipinski definition) is 1. The van der Waals surface area contributed by atoms with Gasteiger partial charge in [-0.05, 0) is 42.4 Å². The highest BCUT2D eigenvalue weighted by Crippen LogP contribution is 2.31. The minimum absolute atomic E-state index is 0.0849. The van der Waals surface area contributed by atoms with Crippen molar-refractivity contribution in [2.75, 3.05) is 14.2 Å². The van der Waals surface area contributed by atoms with Crippen LogP contribution < -0.4 is 10.1 Å². The summed E-state index contributed by atoms with van der Waals surface area (Å²) in [6.07, 6.45) is 0. The molecule has 0 amide bonds. The molecule has 1 unspecified atom stereocenters. The summed E-state index contributed by atoms with van der Waals surface area (Å²) in [6.45, 7) is 0. The molecule has 1 atom stereocenters. The third kappa shape index (κ3) is 3.30. The molecular formula is C15H15BrClNO. The Hall–Kier alpha value is -1.03. The van der Waals surface area contributed by atoms with E-state index in [0.29, 0.717) is 0 Å². The maximum Gasteiger partial charge on any atom is 0.119 e. The van der Waals surface area contributed by atoms with Gasteiger partial charge in [-0.1, -0.05) is 45.7 Å². The Morgan fingerprint density at radius 1 is 1.21 bits per heavy atom. The Labute approximate surface area is 126 Å². The predicted octanol–water partition coefficient (Wildman–Crippen LogP) is 4.42. The van der Waals surface area contributed by atoms with E-state index >= 15 is 0 Å². The number of halogens is 2. The van der Waals surface area contributed by atoms with Crippen molar-refractivity contribution >= 4 is 27.5 Å². The number of nitrogens with one attached hydrogen (secondary N) is 1. The molecule has 2 rings (SSSR count). The van der Waals surface area contributed by atoms with Gasteiger partial charge in [0.25, 0.3) is 0 Å². The first-order valence-electron chi connectivity index (χ1n) is 5.92. The Bertz CT molecular complexity index is 574. The van der Waals surface area contributed by atoms with E-state index in [9.17, 15) is 0 Å². The van der Waals surface area contributed by atoms with Gasteiger partial charge in [-0.3, -0.25) is 0 Å². The number of rotatable bonds is 4. The second-order valence-electron chi connectivity index (χ2n) is 4.16. The topological polar surface area (TPSA) is 21.3 Å². The van der Waals surface area contributed by atoms with Crippen molar-refractivity contribution in [3.05, 3.63) is 63.1 Å². The molecule has 0 fully saturated rings. The van der Waals surface area contributed by atoms with Gasteiger partial charge >= 0.3 is 0 Å². The summed E-state index contributed by atoms with van der Waals surface area (Å²) < 4.78 is 6.26. The lowest BCUT2D eigenvalue weighted by atomic mass is 9.99. The van der Waals surface area contributed by atoms with Crippen LogP contribution in [0, 0.1) is 0 Å². The van der Waals surface area contributed by atoms with E-state index in [-0.39, 0.29) is 6.04 Å². The van der Waals surface area contributed by atoms with Crippen LogP contribution >= 0.6 is 27.5 Å². The van der Waals surface area contributed by atoms with Gasteiger partial charge in [0.2, 0.25) is 0 Å². The van der Waals surface area contributed by atoms with Crippen LogP contribution in [0.1, 0.15) is 17.2 Å². The molecule has 0 aliphatic carbocycles. The molecule has 2 nitrogen and oxygen atoms in total. The summed E-state index contributed by atoms with van der Waals surface area (Å²) >= 11 is 9.55. The lowest BCUT2D eigenvalue weighted by Gasteiger charge is -2.19. The lowest BCUT2D eigenvalue weighted by Crippen LogP contribution is -2.18. The molecule has 19 heavy (non-hydrogen) atoms. The number of ether oxygens (including phenoxy) is 1. The summed E-state index contributed by atoms with van der Waals surface area (Å²) in [5.41, 5.74) is 2.28. The zero-order valence-electron chi connectivity index (χ0n) is 10.8. The molecule has 4 heteroatoms. The predicted molar refractivity (Wildman–Crippen MR) is 83.0 cm³/mol. The van der Waals surface area contributed by atoms with E-state index in [1.165, 1.54) is 0 Å². The minimum Gasteiger partial charge on any atom is -0.497 e. The Morgan fingerprint density at radius 3 is 2.63 bits per heavy atom. The highest BCUT2D eigenvalue weighted by atomic mass is 79.9. The summed E-state index contributed by atoms with van der Waals surface area (Å²) in [4.78, 5) is 0. The van der Waals surface area contributed by atoms with Crippen LogP contribution in [0.4, 0.5) is 0 Å². The van der Waals surface area contributed by atoms with E-state index < -0.39 is 0 Å². The monoisotopic (exact) mass is 339 g/mol. The lowest BCUT2D eigenvalue weighted by molar-refractivity contribution is 0.414. The summed E-state index contributed by atoms with van der Waals surface area (Å²) in [5.74, 6) is 0.850. The number of methoxy groups -OCH3 is 1. The first kappa shape index (κ1) is 14.4. The summed E-state index contributed by atoms with van der Waals surface area (Å²) in [5, 5.41) is 4.04. The SMILES string of the molecule is CNC(c1cccc(OC)c1)c1ccc(Cl)cc1Br. The molecule has 2 aromatic rings. The van der Waals surface area contributed by atoms with Crippen LogP contribution in [0.25, 0.3) is 0 Å². The normalized spacial score (nSPS) is 12.2. The highest BCUT2D eigenvalue weighted by Gasteiger charge is 2.15. The van der Waals surface area contributed by atoms with Crippen LogP contribution in [0.2, 0.25) is 5.02 Å². The van der Waals surface area contributed by atoms with Crippen LogP contribution in [-0.4, -0.2) is 14.2 Å². The fraction of sp³-hybridized carbons (Fsp3) is 0.200. The maximum absolute atomic E-state index is 5.99. The smallest absolute Gasteiger partial charge is 0.119 e. The number of benzene rings is 2. The molecule has 1 N–H and O–H groups in total. The first-order valence-corrected chi connectivity index (χ1v) is 7.09. The quantitative estimate of drug-likeness (QED) is 0.889. The average molecular weight is 341 g/mol. The maximum atomic E-state index is 5.99. The third-order valence-electron chi connectivity index (χ3n) is 2.99. The van der Waals surface area contributed by atoms with Gasteiger partial charge in [0, 0.05) is 9.50 Å². The van der Waals surface area contributed by atoms with E-state index in [1.807, 2.05) is 43.4 Å². The summed E-state index contributed by atoms with van der Waals surface area (Å²) in [7, 11) is 3.61. The number of hydrogen-bond acceptors (Lipinski definition) is 2. The molecule has 0 aromatic heterocycles. The molecular weight excluding hydrogens is 326 g/mol. The van der Waals surface area contributed by atoms with Crippen LogP contribution in [0.3, 0.4) is 0 Å². The molecule has 0 aliphatic heterocycles. The molecule has 0 radical (unpaired) electrons. The van der Waals surface area contributed by atoms with Crippen LogP contribution in [0.5, 0.6) is 5.75 Å². The van der Waals surface area contributed by atoms with Gasteiger partial charge in [0.1, 0.15) is 5.75 Å². The zero-order valence-corrected chi connectivity index (χ0v) is 13.1.